The number of pyridine rings is 1. The fourth-order valence-corrected chi connectivity index (χ4v) is 3.45. The second-order valence-corrected chi connectivity index (χ2v) is 7.06. The largest absolute Gasteiger partial charge is 0.373 e. The van der Waals surface area contributed by atoms with E-state index in [9.17, 15) is 9.18 Å². The molecule has 2 aliphatic rings. The van der Waals surface area contributed by atoms with Crippen LogP contribution in [0.4, 0.5) is 4.39 Å². The molecule has 0 radical (unpaired) electrons. The summed E-state index contributed by atoms with van der Waals surface area (Å²) in [7, 11) is 1.79. The van der Waals surface area contributed by atoms with Crippen molar-refractivity contribution in [3.05, 3.63) is 29.8 Å². The maximum absolute atomic E-state index is 14.1. The predicted molar refractivity (Wildman–Crippen MR) is 87.4 cm³/mol. The fraction of sp³-hybridized carbons (Fsp3) is 0.647. The molecular formula is C17H25FN4O2. The van der Waals surface area contributed by atoms with E-state index in [1.54, 1.807) is 24.2 Å². The quantitative estimate of drug-likeness (QED) is 0.887. The van der Waals surface area contributed by atoms with Crippen LogP contribution in [0, 0.1) is 5.82 Å². The van der Waals surface area contributed by atoms with Crippen molar-refractivity contribution in [3.8, 4) is 0 Å². The van der Waals surface area contributed by atoms with Gasteiger partial charge in [0.2, 0.25) is 5.91 Å². The number of nitrogens with one attached hydrogen (secondary N) is 1. The lowest BCUT2D eigenvalue weighted by atomic mass is 9.95. The Morgan fingerprint density at radius 3 is 2.92 bits per heavy atom. The highest BCUT2D eigenvalue weighted by atomic mass is 19.1. The molecule has 7 heteroatoms. The fourth-order valence-electron chi connectivity index (χ4n) is 3.45. The van der Waals surface area contributed by atoms with Gasteiger partial charge in [-0.25, -0.2) is 4.39 Å². The van der Waals surface area contributed by atoms with Crippen molar-refractivity contribution in [2.24, 2.45) is 0 Å². The third-order valence-electron chi connectivity index (χ3n) is 5.31. The van der Waals surface area contributed by atoms with E-state index in [1.807, 2.05) is 0 Å². The van der Waals surface area contributed by atoms with Crippen LogP contribution >= 0.6 is 0 Å². The molecule has 0 saturated carbocycles. The van der Waals surface area contributed by atoms with Gasteiger partial charge in [-0.1, -0.05) is 0 Å². The van der Waals surface area contributed by atoms with Gasteiger partial charge in [0.05, 0.1) is 18.4 Å². The summed E-state index contributed by atoms with van der Waals surface area (Å²) in [5.74, 6) is -0.391. The maximum atomic E-state index is 14.1. The standard InChI is InChI=1S/C17H25FN4O2/c1-11-17(2,3)24-8-7-22(11)16-20-14(9-15(23)21(16)4)12-5-6-19-10-13(12)18/h5-6,10-11,14,16,20H,7-9H2,1-4H3. The Hall–Kier alpha value is -1.57. The molecule has 2 saturated heterocycles. The lowest BCUT2D eigenvalue weighted by Gasteiger charge is -2.52. The van der Waals surface area contributed by atoms with Gasteiger partial charge in [-0.15, -0.1) is 0 Å². The number of carbonyl (C=O) groups is 1. The minimum atomic E-state index is -0.388. The molecule has 3 unspecified atom stereocenters. The molecule has 0 aliphatic carbocycles. The first-order valence-corrected chi connectivity index (χ1v) is 8.32. The number of carbonyl (C=O) groups excluding carboxylic acids is 1. The van der Waals surface area contributed by atoms with E-state index in [4.69, 9.17) is 4.74 Å². The van der Waals surface area contributed by atoms with Crippen LogP contribution < -0.4 is 5.32 Å². The van der Waals surface area contributed by atoms with E-state index < -0.39 is 0 Å². The molecule has 3 atom stereocenters. The summed E-state index contributed by atoms with van der Waals surface area (Å²) < 4.78 is 20.0. The molecular weight excluding hydrogens is 311 g/mol. The molecule has 1 amide bonds. The topological polar surface area (TPSA) is 57.7 Å². The molecule has 2 aliphatic heterocycles. The Bertz CT molecular complexity index is 624. The van der Waals surface area contributed by atoms with Crippen LogP contribution in [-0.2, 0) is 9.53 Å². The van der Waals surface area contributed by atoms with E-state index in [-0.39, 0.29) is 42.1 Å². The molecule has 6 nitrogen and oxygen atoms in total. The minimum absolute atomic E-state index is 0.00328. The molecule has 1 aromatic rings. The summed E-state index contributed by atoms with van der Waals surface area (Å²) >= 11 is 0. The highest BCUT2D eigenvalue weighted by Crippen LogP contribution is 2.31. The average Bonchev–Trinajstić information content (AvgIpc) is 2.53. The van der Waals surface area contributed by atoms with E-state index in [2.05, 4.69) is 36.0 Å². The lowest BCUT2D eigenvalue weighted by molar-refractivity contribution is -0.173. The second-order valence-electron chi connectivity index (χ2n) is 7.06. The van der Waals surface area contributed by atoms with Gasteiger partial charge in [-0.2, -0.15) is 0 Å². The highest BCUT2D eigenvalue weighted by Gasteiger charge is 2.43. The molecule has 3 rings (SSSR count). The van der Waals surface area contributed by atoms with Crippen LogP contribution in [0.5, 0.6) is 0 Å². The van der Waals surface area contributed by atoms with Crippen LogP contribution in [0.3, 0.4) is 0 Å². The van der Waals surface area contributed by atoms with Gasteiger partial charge in [0.1, 0.15) is 12.1 Å². The van der Waals surface area contributed by atoms with Gasteiger partial charge < -0.3 is 9.64 Å². The summed E-state index contributed by atoms with van der Waals surface area (Å²) in [6.07, 6.45) is 2.69. The van der Waals surface area contributed by atoms with Crippen molar-refractivity contribution in [2.45, 2.75) is 51.2 Å². The van der Waals surface area contributed by atoms with Crippen molar-refractivity contribution in [2.75, 3.05) is 20.2 Å². The molecule has 3 heterocycles. The first kappa shape index (κ1) is 17.3. The summed E-state index contributed by atoms with van der Waals surface area (Å²) in [4.78, 5) is 20.2. The average molecular weight is 336 g/mol. The Morgan fingerprint density at radius 2 is 2.21 bits per heavy atom. The monoisotopic (exact) mass is 336 g/mol. The van der Waals surface area contributed by atoms with Crippen molar-refractivity contribution < 1.29 is 13.9 Å². The summed E-state index contributed by atoms with van der Waals surface area (Å²) in [5, 5.41) is 3.44. The number of nitrogens with zero attached hydrogens (tertiary/aromatic N) is 3. The van der Waals surface area contributed by atoms with Crippen molar-refractivity contribution >= 4 is 5.91 Å². The molecule has 0 aromatic carbocycles. The zero-order chi connectivity index (χ0) is 17.5. The lowest BCUT2D eigenvalue weighted by Crippen LogP contribution is -2.68. The van der Waals surface area contributed by atoms with Crippen molar-refractivity contribution in [3.63, 3.8) is 0 Å². The van der Waals surface area contributed by atoms with Crippen LogP contribution in [0.15, 0.2) is 18.5 Å². The zero-order valence-corrected chi connectivity index (χ0v) is 14.6. The van der Waals surface area contributed by atoms with Gasteiger partial charge in [0.25, 0.3) is 0 Å². The number of halogens is 1. The zero-order valence-electron chi connectivity index (χ0n) is 14.6. The number of rotatable bonds is 2. The number of amides is 1. The molecule has 24 heavy (non-hydrogen) atoms. The van der Waals surface area contributed by atoms with Gasteiger partial charge >= 0.3 is 0 Å². The van der Waals surface area contributed by atoms with E-state index >= 15 is 0 Å². The summed E-state index contributed by atoms with van der Waals surface area (Å²) in [6.45, 7) is 7.51. The molecule has 0 spiro atoms. The van der Waals surface area contributed by atoms with E-state index in [0.29, 0.717) is 18.7 Å². The third kappa shape index (κ3) is 3.03. The number of morpholine rings is 1. The smallest absolute Gasteiger partial charge is 0.226 e. The number of ether oxygens (including phenoxy) is 1. The molecule has 1 N–H and O–H groups in total. The number of hydrogen-bond donors (Lipinski definition) is 1. The SMILES string of the molecule is CC1N(C2NC(c3ccncc3F)CC(=O)N2C)CCOC1(C)C. The maximum Gasteiger partial charge on any atom is 0.226 e. The van der Waals surface area contributed by atoms with Crippen LogP contribution in [-0.4, -0.2) is 58.8 Å². The summed E-state index contributed by atoms with van der Waals surface area (Å²) in [5.41, 5.74) is 0.176. The number of hydrogen-bond acceptors (Lipinski definition) is 5. The molecule has 0 bridgehead atoms. The molecule has 1 aromatic heterocycles. The molecule has 2 fully saturated rings. The van der Waals surface area contributed by atoms with Gasteiger partial charge in [0.15, 0.2) is 0 Å². The van der Waals surface area contributed by atoms with E-state index in [1.165, 1.54) is 6.20 Å². The number of aromatic nitrogens is 1. The van der Waals surface area contributed by atoms with Crippen LogP contribution in [0.1, 0.15) is 38.8 Å². The second kappa shape index (κ2) is 6.38. The minimum Gasteiger partial charge on any atom is -0.373 e. The Labute approximate surface area is 142 Å². The molecule has 132 valence electrons. The Balaban J connectivity index is 1.87. The van der Waals surface area contributed by atoms with Gasteiger partial charge in [0, 0.05) is 43.9 Å². The van der Waals surface area contributed by atoms with Crippen molar-refractivity contribution in [1.82, 2.24) is 20.1 Å². The van der Waals surface area contributed by atoms with Gasteiger partial charge in [-0.3, -0.25) is 20.0 Å². The third-order valence-corrected chi connectivity index (χ3v) is 5.31. The summed E-state index contributed by atoms with van der Waals surface area (Å²) in [6, 6.07) is 1.38. The Morgan fingerprint density at radius 1 is 1.46 bits per heavy atom. The van der Waals surface area contributed by atoms with Crippen molar-refractivity contribution in [1.29, 1.82) is 0 Å². The first-order chi connectivity index (χ1) is 11.3. The van der Waals surface area contributed by atoms with Crippen LogP contribution in [0.25, 0.3) is 0 Å². The van der Waals surface area contributed by atoms with Crippen LogP contribution in [0.2, 0.25) is 0 Å². The first-order valence-electron chi connectivity index (χ1n) is 8.32. The highest BCUT2D eigenvalue weighted by molar-refractivity contribution is 5.78. The normalized spacial score (nSPS) is 31.3. The van der Waals surface area contributed by atoms with E-state index in [0.717, 1.165) is 0 Å². The van der Waals surface area contributed by atoms with Gasteiger partial charge in [-0.05, 0) is 26.8 Å². The predicted octanol–water partition coefficient (Wildman–Crippen LogP) is 1.50. The Kier molecular flexibility index (Phi) is 4.59.